The van der Waals surface area contributed by atoms with Gasteiger partial charge in [0.15, 0.2) is 5.76 Å². The SMILES string of the molecule is O=C(NOCc1ccccc1)C1CCCN1C(=O)c1ccco1. The third-order valence-corrected chi connectivity index (χ3v) is 3.80. The third kappa shape index (κ3) is 3.60. The minimum atomic E-state index is -0.525. The topological polar surface area (TPSA) is 71.8 Å². The van der Waals surface area contributed by atoms with Crippen molar-refractivity contribution >= 4 is 11.8 Å². The molecule has 3 rings (SSSR count). The fraction of sp³-hybridized carbons (Fsp3) is 0.294. The minimum Gasteiger partial charge on any atom is -0.459 e. The molecule has 0 spiro atoms. The molecule has 1 N–H and O–H groups in total. The van der Waals surface area contributed by atoms with Crippen molar-refractivity contribution in [2.45, 2.75) is 25.5 Å². The van der Waals surface area contributed by atoms with E-state index in [-0.39, 0.29) is 24.2 Å². The molecule has 0 aliphatic carbocycles. The summed E-state index contributed by atoms with van der Waals surface area (Å²) in [5, 5.41) is 0. The molecule has 2 amide bonds. The van der Waals surface area contributed by atoms with E-state index >= 15 is 0 Å². The molecular weight excluding hydrogens is 296 g/mol. The van der Waals surface area contributed by atoms with Gasteiger partial charge >= 0.3 is 0 Å². The number of amides is 2. The van der Waals surface area contributed by atoms with E-state index in [1.165, 1.54) is 11.2 Å². The molecule has 2 aromatic rings. The van der Waals surface area contributed by atoms with Crippen molar-refractivity contribution < 1.29 is 18.8 Å². The maximum Gasteiger partial charge on any atom is 0.290 e. The van der Waals surface area contributed by atoms with Crippen molar-refractivity contribution in [3.8, 4) is 0 Å². The van der Waals surface area contributed by atoms with E-state index in [1.54, 1.807) is 12.1 Å². The fourth-order valence-corrected chi connectivity index (χ4v) is 2.66. The summed E-state index contributed by atoms with van der Waals surface area (Å²) in [4.78, 5) is 31.4. The highest BCUT2D eigenvalue weighted by Crippen LogP contribution is 2.20. The van der Waals surface area contributed by atoms with E-state index in [1.807, 2.05) is 30.3 Å². The second-order valence-corrected chi connectivity index (χ2v) is 5.37. The zero-order valence-electron chi connectivity index (χ0n) is 12.6. The number of carbonyl (C=O) groups is 2. The van der Waals surface area contributed by atoms with Crippen LogP contribution < -0.4 is 5.48 Å². The van der Waals surface area contributed by atoms with E-state index in [2.05, 4.69) is 5.48 Å². The Morgan fingerprint density at radius 2 is 2.04 bits per heavy atom. The number of likely N-dealkylation sites (tertiary alicyclic amines) is 1. The first-order valence-corrected chi connectivity index (χ1v) is 7.56. The molecule has 1 aliphatic heterocycles. The van der Waals surface area contributed by atoms with Crippen LogP contribution in [0.1, 0.15) is 29.0 Å². The molecule has 1 unspecified atom stereocenters. The number of furan rings is 1. The van der Waals surface area contributed by atoms with E-state index in [0.29, 0.717) is 13.0 Å². The Bertz CT molecular complexity index is 654. The van der Waals surface area contributed by atoms with Crippen LogP contribution in [0.5, 0.6) is 0 Å². The van der Waals surface area contributed by atoms with Crippen LogP contribution in [0.3, 0.4) is 0 Å². The molecule has 1 aliphatic rings. The van der Waals surface area contributed by atoms with Gasteiger partial charge in [-0.25, -0.2) is 5.48 Å². The first kappa shape index (κ1) is 15.3. The molecule has 6 heteroatoms. The molecule has 1 fully saturated rings. The number of nitrogens with one attached hydrogen (secondary N) is 1. The summed E-state index contributed by atoms with van der Waals surface area (Å²) in [6.45, 7) is 0.821. The molecule has 0 bridgehead atoms. The zero-order chi connectivity index (χ0) is 16.1. The summed E-state index contributed by atoms with van der Waals surface area (Å²) in [6, 6.07) is 12.3. The van der Waals surface area contributed by atoms with Crippen LogP contribution >= 0.6 is 0 Å². The van der Waals surface area contributed by atoms with Crippen LogP contribution in [0.4, 0.5) is 0 Å². The maximum atomic E-state index is 12.3. The highest BCUT2D eigenvalue weighted by Gasteiger charge is 2.35. The third-order valence-electron chi connectivity index (χ3n) is 3.80. The highest BCUT2D eigenvalue weighted by molar-refractivity contribution is 5.95. The molecule has 23 heavy (non-hydrogen) atoms. The Kier molecular flexibility index (Phi) is 4.73. The average Bonchev–Trinajstić information content (AvgIpc) is 3.27. The normalized spacial score (nSPS) is 17.2. The van der Waals surface area contributed by atoms with Crippen LogP contribution in [-0.2, 0) is 16.2 Å². The van der Waals surface area contributed by atoms with Gasteiger partial charge in [0, 0.05) is 6.54 Å². The van der Waals surface area contributed by atoms with Gasteiger partial charge in [-0.15, -0.1) is 0 Å². The van der Waals surface area contributed by atoms with Crippen LogP contribution in [0.2, 0.25) is 0 Å². The Morgan fingerprint density at radius 3 is 2.78 bits per heavy atom. The van der Waals surface area contributed by atoms with E-state index in [9.17, 15) is 9.59 Å². The van der Waals surface area contributed by atoms with Gasteiger partial charge in [-0.3, -0.25) is 14.4 Å². The zero-order valence-corrected chi connectivity index (χ0v) is 12.6. The maximum absolute atomic E-state index is 12.3. The fourth-order valence-electron chi connectivity index (χ4n) is 2.66. The van der Waals surface area contributed by atoms with Crippen LogP contribution in [-0.4, -0.2) is 29.3 Å². The van der Waals surface area contributed by atoms with Gasteiger partial charge in [0.2, 0.25) is 0 Å². The number of hydrogen-bond donors (Lipinski definition) is 1. The van der Waals surface area contributed by atoms with Crippen molar-refractivity contribution in [3.63, 3.8) is 0 Å². The monoisotopic (exact) mass is 314 g/mol. The first-order valence-electron chi connectivity index (χ1n) is 7.56. The first-order chi connectivity index (χ1) is 11.3. The Morgan fingerprint density at radius 1 is 1.22 bits per heavy atom. The van der Waals surface area contributed by atoms with Gasteiger partial charge in [0.1, 0.15) is 6.04 Å². The molecule has 2 heterocycles. The van der Waals surface area contributed by atoms with Crippen LogP contribution in [0.15, 0.2) is 53.1 Å². The second-order valence-electron chi connectivity index (χ2n) is 5.37. The Balaban J connectivity index is 1.55. The van der Waals surface area contributed by atoms with E-state index < -0.39 is 6.04 Å². The highest BCUT2D eigenvalue weighted by atomic mass is 16.6. The van der Waals surface area contributed by atoms with Crippen molar-refractivity contribution in [1.82, 2.24) is 10.4 Å². The lowest BCUT2D eigenvalue weighted by molar-refractivity contribution is -0.138. The van der Waals surface area contributed by atoms with Gasteiger partial charge < -0.3 is 9.32 Å². The number of hydroxylamine groups is 1. The molecule has 120 valence electrons. The summed E-state index contributed by atoms with van der Waals surface area (Å²) < 4.78 is 5.12. The molecular formula is C17H18N2O4. The van der Waals surface area contributed by atoms with E-state index in [4.69, 9.17) is 9.25 Å². The summed E-state index contributed by atoms with van der Waals surface area (Å²) in [7, 11) is 0. The molecule has 1 saturated heterocycles. The predicted molar refractivity (Wildman–Crippen MR) is 82.1 cm³/mol. The quantitative estimate of drug-likeness (QED) is 0.858. The summed E-state index contributed by atoms with van der Waals surface area (Å²) in [5.41, 5.74) is 3.40. The van der Waals surface area contributed by atoms with Crippen molar-refractivity contribution in [1.29, 1.82) is 0 Å². The lowest BCUT2D eigenvalue weighted by atomic mass is 10.2. The molecule has 6 nitrogen and oxygen atoms in total. The number of benzene rings is 1. The molecule has 1 aromatic heterocycles. The lowest BCUT2D eigenvalue weighted by Gasteiger charge is -2.22. The number of carbonyl (C=O) groups excluding carboxylic acids is 2. The van der Waals surface area contributed by atoms with E-state index in [0.717, 1.165) is 12.0 Å². The summed E-state index contributed by atoms with van der Waals surface area (Å²) >= 11 is 0. The Labute approximate surface area is 134 Å². The average molecular weight is 314 g/mol. The molecule has 1 atom stereocenters. The number of hydrogen-bond acceptors (Lipinski definition) is 4. The second kappa shape index (κ2) is 7.11. The van der Waals surface area contributed by atoms with Gasteiger partial charge in [0.25, 0.3) is 11.8 Å². The molecule has 1 aromatic carbocycles. The van der Waals surface area contributed by atoms with Crippen LogP contribution in [0.25, 0.3) is 0 Å². The Hall–Kier alpha value is -2.60. The van der Waals surface area contributed by atoms with Gasteiger partial charge in [-0.05, 0) is 30.5 Å². The van der Waals surface area contributed by atoms with Crippen LogP contribution in [0, 0.1) is 0 Å². The number of nitrogens with zero attached hydrogens (tertiary/aromatic N) is 1. The molecule has 0 radical (unpaired) electrons. The largest absolute Gasteiger partial charge is 0.459 e. The van der Waals surface area contributed by atoms with Crippen molar-refractivity contribution in [2.24, 2.45) is 0 Å². The molecule has 0 saturated carbocycles. The predicted octanol–water partition coefficient (Wildman–Crippen LogP) is 2.13. The summed E-state index contributed by atoms with van der Waals surface area (Å²) in [5.74, 6) is -0.330. The standard InChI is InChI=1S/C17H18N2O4/c20-16(18-23-12-13-6-2-1-3-7-13)14-8-4-10-19(14)17(21)15-9-5-11-22-15/h1-3,5-7,9,11,14H,4,8,10,12H2,(H,18,20). The van der Waals surface area contributed by atoms with Gasteiger partial charge in [-0.1, -0.05) is 30.3 Å². The van der Waals surface area contributed by atoms with Gasteiger partial charge in [0.05, 0.1) is 12.9 Å². The van der Waals surface area contributed by atoms with Crippen molar-refractivity contribution in [3.05, 3.63) is 60.1 Å². The minimum absolute atomic E-state index is 0.245. The summed E-state index contributed by atoms with van der Waals surface area (Å²) in [6.07, 6.45) is 2.84. The lowest BCUT2D eigenvalue weighted by Crippen LogP contribution is -2.45. The smallest absolute Gasteiger partial charge is 0.290 e. The van der Waals surface area contributed by atoms with Gasteiger partial charge in [-0.2, -0.15) is 0 Å². The van der Waals surface area contributed by atoms with Crippen molar-refractivity contribution in [2.75, 3.05) is 6.54 Å². The number of rotatable bonds is 5.